The number of methoxy groups -OCH3 is 1. The van der Waals surface area contributed by atoms with Crippen molar-refractivity contribution in [2.75, 3.05) is 7.11 Å². The molecule has 2 heterocycles. The molecule has 0 bridgehead atoms. The summed E-state index contributed by atoms with van der Waals surface area (Å²) in [7, 11) is 1.66. The molecule has 32 heavy (non-hydrogen) atoms. The first-order valence-electron chi connectivity index (χ1n) is 10.4. The van der Waals surface area contributed by atoms with Crippen LogP contribution in [0.4, 0.5) is 0 Å². The average Bonchev–Trinajstić information content (AvgIpc) is 2.87. The Labute approximate surface area is 188 Å². The topological polar surface area (TPSA) is 55.2 Å². The highest BCUT2D eigenvalue weighted by Gasteiger charge is 2.02. The lowest BCUT2D eigenvalue weighted by Crippen LogP contribution is -1.89. The van der Waals surface area contributed by atoms with E-state index in [1.165, 1.54) is 0 Å². The van der Waals surface area contributed by atoms with Gasteiger partial charge in [-0.15, -0.1) is 0 Å². The number of benzene rings is 2. The van der Waals surface area contributed by atoms with Crippen LogP contribution in [0.3, 0.4) is 0 Å². The van der Waals surface area contributed by atoms with E-state index >= 15 is 0 Å². The normalized spacial score (nSPS) is 11.3. The van der Waals surface area contributed by atoms with Crippen molar-refractivity contribution in [3.63, 3.8) is 0 Å². The Morgan fingerprint density at radius 3 is 1.59 bits per heavy atom. The number of hydrogen-bond acceptors (Lipinski definition) is 4. The van der Waals surface area contributed by atoms with Gasteiger partial charge in [0.1, 0.15) is 5.75 Å². The summed E-state index contributed by atoms with van der Waals surface area (Å²) < 4.78 is 5.20. The Bertz CT molecular complexity index is 1130. The zero-order valence-corrected chi connectivity index (χ0v) is 17.8. The van der Waals surface area contributed by atoms with E-state index in [1.54, 1.807) is 19.5 Å². The predicted octanol–water partition coefficient (Wildman–Crippen LogP) is 5.99. The molecule has 0 aliphatic heterocycles. The summed E-state index contributed by atoms with van der Waals surface area (Å²) in [6.07, 6.45) is 11.8. The number of aliphatic hydroxyl groups excluding tert-OH is 1. The Morgan fingerprint density at radius 1 is 0.656 bits per heavy atom. The fourth-order valence-electron chi connectivity index (χ4n) is 3.22. The quantitative estimate of drug-likeness (QED) is 0.399. The summed E-state index contributed by atoms with van der Waals surface area (Å²) in [6, 6.07) is 23.8. The summed E-state index contributed by atoms with van der Waals surface area (Å²) >= 11 is 0. The number of nitrogens with zero attached hydrogens (tertiary/aromatic N) is 2. The van der Waals surface area contributed by atoms with Gasteiger partial charge in [-0.1, -0.05) is 60.7 Å². The first-order chi connectivity index (χ1) is 15.7. The van der Waals surface area contributed by atoms with Gasteiger partial charge in [-0.25, -0.2) is 0 Å². The van der Waals surface area contributed by atoms with E-state index in [9.17, 15) is 0 Å². The van der Waals surface area contributed by atoms with Crippen LogP contribution < -0.4 is 4.74 Å². The first kappa shape index (κ1) is 21.2. The molecule has 0 saturated heterocycles. The zero-order chi connectivity index (χ0) is 22.2. The molecule has 2 aromatic carbocycles. The first-order valence-corrected chi connectivity index (χ1v) is 10.4. The van der Waals surface area contributed by atoms with Gasteiger partial charge in [0.05, 0.1) is 25.1 Å². The van der Waals surface area contributed by atoms with Crippen LogP contribution >= 0.6 is 0 Å². The van der Waals surface area contributed by atoms with Gasteiger partial charge < -0.3 is 9.84 Å². The Kier molecular flexibility index (Phi) is 6.85. The fourth-order valence-corrected chi connectivity index (χ4v) is 3.22. The third kappa shape index (κ3) is 5.56. The van der Waals surface area contributed by atoms with Crippen LogP contribution in [0.2, 0.25) is 0 Å². The molecule has 0 radical (unpaired) electrons. The van der Waals surface area contributed by atoms with Crippen LogP contribution in [0.25, 0.3) is 35.7 Å². The Morgan fingerprint density at radius 2 is 1.12 bits per heavy atom. The fraction of sp³-hybridized carbons (Fsp3) is 0.0714. The third-order valence-corrected chi connectivity index (χ3v) is 5.04. The summed E-state index contributed by atoms with van der Waals surface area (Å²) in [5.74, 6) is 0.843. The lowest BCUT2D eigenvalue weighted by molar-refractivity contribution is 0.282. The highest BCUT2D eigenvalue weighted by molar-refractivity contribution is 5.74. The van der Waals surface area contributed by atoms with Gasteiger partial charge in [0.15, 0.2) is 0 Å². The maximum atomic E-state index is 9.17. The van der Waals surface area contributed by atoms with Crippen LogP contribution in [0.15, 0.2) is 85.2 Å². The number of rotatable bonds is 7. The molecule has 0 amide bonds. The van der Waals surface area contributed by atoms with Gasteiger partial charge >= 0.3 is 0 Å². The maximum absolute atomic E-state index is 9.17. The molecule has 0 unspecified atom stereocenters. The largest absolute Gasteiger partial charge is 0.497 e. The van der Waals surface area contributed by atoms with E-state index in [0.29, 0.717) is 0 Å². The van der Waals surface area contributed by atoms with Crippen LogP contribution in [0.1, 0.15) is 27.8 Å². The molecule has 4 heteroatoms. The second-order valence-corrected chi connectivity index (χ2v) is 7.29. The van der Waals surface area contributed by atoms with E-state index in [2.05, 4.69) is 22.1 Å². The van der Waals surface area contributed by atoms with Crippen molar-refractivity contribution < 1.29 is 9.84 Å². The SMILES string of the molecule is COc1ccc(/C=C/c2ccnc(-c3cc(/C=C/c4ccc(CO)cc4)ccn3)c2)cc1. The molecule has 4 aromatic rings. The molecule has 158 valence electrons. The van der Waals surface area contributed by atoms with E-state index < -0.39 is 0 Å². The van der Waals surface area contributed by atoms with Crippen molar-refractivity contribution >= 4 is 24.3 Å². The zero-order valence-electron chi connectivity index (χ0n) is 17.8. The van der Waals surface area contributed by atoms with Crippen LogP contribution in [0, 0.1) is 0 Å². The second-order valence-electron chi connectivity index (χ2n) is 7.29. The average molecular weight is 421 g/mol. The van der Waals surface area contributed by atoms with Gasteiger partial charge in [0.2, 0.25) is 0 Å². The van der Waals surface area contributed by atoms with Gasteiger partial charge in [-0.3, -0.25) is 9.97 Å². The number of aliphatic hydroxyl groups is 1. The summed E-state index contributed by atoms with van der Waals surface area (Å²) in [4.78, 5) is 9.01. The van der Waals surface area contributed by atoms with E-state index in [4.69, 9.17) is 9.84 Å². The molecule has 4 nitrogen and oxygen atoms in total. The number of ether oxygens (including phenoxy) is 1. The maximum Gasteiger partial charge on any atom is 0.118 e. The minimum absolute atomic E-state index is 0.0546. The van der Waals surface area contributed by atoms with Crippen molar-refractivity contribution in [3.8, 4) is 17.1 Å². The molecule has 1 N–H and O–H groups in total. The molecular weight excluding hydrogens is 396 g/mol. The summed E-state index contributed by atoms with van der Waals surface area (Å²) in [5, 5.41) is 9.17. The highest BCUT2D eigenvalue weighted by Crippen LogP contribution is 2.20. The molecule has 2 aromatic heterocycles. The molecule has 0 atom stereocenters. The molecule has 0 saturated carbocycles. The lowest BCUT2D eigenvalue weighted by Gasteiger charge is -2.03. The van der Waals surface area contributed by atoms with Crippen molar-refractivity contribution in [2.24, 2.45) is 0 Å². The number of aromatic nitrogens is 2. The smallest absolute Gasteiger partial charge is 0.118 e. The van der Waals surface area contributed by atoms with Gasteiger partial charge in [-0.2, -0.15) is 0 Å². The molecule has 4 rings (SSSR count). The monoisotopic (exact) mass is 420 g/mol. The standard InChI is InChI=1S/C28H24N2O2/c1-32-26-12-10-22(11-13-26)3-7-24-15-17-30-28(19-24)27-18-23(14-16-29-27)6-2-21-4-8-25(20-31)9-5-21/h2-19,31H,20H2,1H3/b6-2+,7-3+. The molecule has 0 aliphatic rings. The summed E-state index contributed by atoms with van der Waals surface area (Å²) in [6.45, 7) is 0.0546. The van der Waals surface area contributed by atoms with Crippen molar-refractivity contribution in [2.45, 2.75) is 6.61 Å². The van der Waals surface area contributed by atoms with E-state index in [0.717, 1.165) is 45.0 Å². The van der Waals surface area contributed by atoms with Crippen LogP contribution in [-0.4, -0.2) is 22.2 Å². The Hall–Kier alpha value is -4.02. The molecule has 0 fully saturated rings. The van der Waals surface area contributed by atoms with Gasteiger partial charge in [-0.05, 0) is 64.2 Å². The summed E-state index contributed by atoms with van der Waals surface area (Å²) in [5.41, 5.74) is 6.82. The van der Waals surface area contributed by atoms with Crippen molar-refractivity contribution in [3.05, 3.63) is 113 Å². The lowest BCUT2D eigenvalue weighted by atomic mass is 10.1. The molecule has 0 aliphatic carbocycles. The van der Waals surface area contributed by atoms with Crippen molar-refractivity contribution in [1.29, 1.82) is 0 Å². The predicted molar refractivity (Wildman–Crippen MR) is 131 cm³/mol. The minimum atomic E-state index is 0.0546. The van der Waals surface area contributed by atoms with E-state index in [1.807, 2.05) is 84.9 Å². The molecule has 0 spiro atoms. The molecular formula is C28H24N2O2. The highest BCUT2D eigenvalue weighted by atomic mass is 16.5. The van der Waals surface area contributed by atoms with Gasteiger partial charge in [0, 0.05) is 12.4 Å². The Balaban J connectivity index is 1.51. The number of hydrogen-bond donors (Lipinski definition) is 1. The van der Waals surface area contributed by atoms with Crippen molar-refractivity contribution in [1.82, 2.24) is 9.97 Å². The van der Waals surface area contributed by atoms with Crippen LogP contribution in [0.5, 0.6) is 5.75 Å². The minimum Gasteiger partial charge on any atom is -0.497 e. The third-order valence-electron chi connectivity index (χ3n) is 5.04. The second kappa shape index (κ2) is 10.3. The van der Waals surface area contributed by atoms with E-state index in [-0.39, 0.29) is 6.61 Å². The van der Waals surface area contributed by atoms with Crippen LogP contribution in [-0.2, 0) is 6.61 Å². The number of pyridine rings is 2. The van der Waals surface area contributed by atoms with Gasteiger partial charge in [0.25, 0.3) is 0 Å².